The number of piperidine rings is 2. The topological polar surface area (TPSA) is 52.6 Å². The zero-order chi connectivity index (χ0) is 21.4. The highest BCUT2D eigenvalue weighted by molar-refractivity contribution is 6.00. The number of carbonyl (C=O) groups excluding carboxylic acids is 2. The smallest absolute Gasteiger partial charge is 0.243 e. The molecule has 2 amide bonds. The third-order valence-electron chi connectivity index (χ3n) is 7.40. The van der Waals surface area contributed by atoms with Gasteiger partial charge in [-0.15, -0.1) is 0 Å². The van der Waals surface area contributed by atoms with Crippen molar-refractivity contribution >= 4 is 11.8 Å². The van der Waals surface area contributed by atoms with E-state index in [2.05, 4.69) is 64.5 Å². The van der Waals surface area contributed by atoms with E-state index >= 15 is 0 Å². The van der Waals surface area contributed by atoms with Gasteiger partial charge in [0.1, 0.15) is 0 Å². The average molecular weight is 418 g/mol. The van der Waals surface area contributed by atoms with Crippen molar-refractivity contribution in [1.29, 1.82) is 0 Å². The lowest BCUT2D eigenvalue weighted by Gasteiger charge is -2.33. The van der Waals surface area contributed by atoms with Crippen molar-refractivity contribution < 1.29 is 9.59 Å². The van der Waals surface area contributed by atoms with Gasteiger partial charge in [0.05, 0.1) is 6.04 Å². The molecule has 162 valence electrons. The Labute approximate surface area is 184 Å². The molecule has 2 fully saturated rings. The quantitative estimate of drug-likeness (QED) is 0.774. The maximum Gasteiger partial charge on any atom is 0.243 e. The van der Waals surface area contributed by atoms with E-state index in [0.717, 1.165) is 32.7 Å². The minimum atomic E-state index is -0.186. The van der Waals surface area contributed by atoms with Crippen LogP contribution in [0.2, 0.25) is 0 Å². The van der Waals surface area contributed by atoms with Crippen molar-refractivity contribution in [1.82, 2.24) is 15.1 Å². The molecule has 3 aliphatic heterocycles. The Morgan fingerprint density at radius 1 is 0.968 bits per heavy atom. The summed E-state index contributed by atoms with van der Waals surface area (Å²) in [5.41, 5.74) is 7.03. The van der Waals surface area contributed by atoms with Crippen LogP contribution in [0.1, 0.15) is 59.4 Å². The first-order chi connectivity index (χ1) is 15.1. The van der Waals surface area contributed by atoms with E-state index in [-0.39, 0.29) is 17.9 Å². The summed E-state index contributed by atoms with van der Waals surface area (Å²) in [6.07, 6.45) is 3.46. The number of nitrogens with zero attached hydrogens (tertiary/aromatic N) is 2. The Balaban J connectivity index is 1.24. The molecule has 1 N–H and O–H groups in total. The number of hydrogen-bond acceptors (Lipinski definition) is 4. The number of hydrogen-bond donors (Lipinski definition) is 1. The molecule has 5 rings (SSSR count). The molecule has 3 heterocycles. The number of rotatable bonds is 4. The maximum absolute atomic E-state index is 12.3. The highest BCUT2D eigenvalue weighted by Crippen LogP contribution is 2.37. The molecule has 0 radical (unpaired) electrons. The number of imide groups is 1. The van der Waals surface area contributed by atoms with Crippen LogP contribution in [0.15, 0.2) is 42.5 Å². The normalized spacial score (nSPS) is 23.1. The maximum atomic E-state index is 12.3. The Bertz CT molecular complexity index is 980. The Hall–Kier alpha value is -2.50. The predicted molar refractivity (Wildman–Crippen MR) is 120 cm³/mol. The molecule has 5 heteroatoms. The number of likely N-dealkylation sites (tertiary alicyclic amines) is 1. The minimum absolute atomic E-state index is 0.132. The van der Waals surface area contributed by atoms with Gasteiger partial charge in [0.25, 0.3) is 0 Å². The van der Waals surface area contributed by atoms with Crippen LogP contribution in [0.3, 0.4) is 0 Å². The van der Waals surface area contributed by atoms with Gasteiger partial charge in [-0.2, -0.15) is 0 Å². The summed E-state index contributed by atoms with van der Waals surface area (Å²) in [6.45, 7) is 7.19. The van der Waals surface area contributed by atoms with Crippen LogP contribution >= 0.6 is 0 Å². The van der Waals surface area contributed by atoms with Crippen molar-refractivity contribution in [2.45, 2.75) is 64.2 Å². The minimum Gasteiger partial charge on any atom is -0.299 e. The van der Waals surface area contributed by atoms with Gasteiger partial charge in [-0.05, 0) is 73.0 Å². The molecule has 2 aromatic carbocycles. The molecule has 0 aromatic heterocycles. The molecule has 31 heavy (non-hydrogen) atoms. The predicted octanol–water partition coefficient (Wildman–Crippen LogP) is 3.50. The van der Waals surface area contributed by atoms with Crippen LogP contribution in [0.5, 0.6) is 0 Å². The van der Waals surface area contributed by atoms with E-state index < -0.39 is 0 Å². The number of carbonyl (C=O) groups is 2. The van der Waals surface area contributed by atoms with Gasteiger partial charge in [0.2, 0.25) is 11.8 Å². The van der Waals surface area contributed by atoms with E-state index in [1.54, 1.807) is 0 Å². The Morgan fingerprint density at radius 2 is 1.74 bits per heavy atom. The van der Waals surface area contributed by atoms with E-state index in [9.17, 15) is 9.59 Å². The number of amides is 2. The lowest BCUT2D eigenvalue weighted by molar-refractivity contribution is -0.137. The molecule has 2 aromatic rings. The first-order valence-electron chi connectivity index (χ1n) is 11.5. The Morgan fingerprint density at radius 3 is 2.48 bits per heavy atom. The number of benzene rings is 2. The highest BCUT2D eigenvalue weighted by atomic mass is 16.2. The molecule has 0 spiro atoms. The summed E-state index contributed by atoms with van der Waals surface area (Å²) in [4.78, 5) is 28.6. The first kappa shape index (κ1) is 20.4. The summed E-state index contributed by atoms with van der Waals surface area (Å²) in [5, 5.41) is 2.51. The van der Waals surface area contributed by atoms with E-state index in [0.29, 0.717) is 18.8 Å². The van der Waals surface area contributed by atoms with Crippen LogP contribution in [0.4, 0.5) is 0 Å². The molecular weight excluding hydrogens is 386 g/mol. The molecule has 0 bridgehead atoms. The van der Waals surface area contributed by atoms with Gasteiger partial charge < -0.3 is 0 Å². The zero-order valence-electron chi connectivity index (χ0n) is 18.3. The first-order valence-corrected chi connectivity index (χ1v) is 11.5. The molecule has 1 atom stereocenters. The fraction of sp³-hybridized carbons (Fsp3) is 0.462. The average Bonchev–Trinajstić information content (AvgIpc) is 3.20. The zero-order valence-corrected chi connectivity index (χ0v) is 18.3. The van der Waals surface area contributed by atoms with E-state index in [1.165, 1.54) is 40.7 Å². The van der Waals surface area contributed by atoms with Crippen molar-refractivity contribution in [3.63, 3.8) is 0 Å². The summed E-state index contributed by atoms with van der Waals surface area (Å²) >= 11 is 0. The third-order valence-corrected chi connectivity index (χ3v) is 7.40. The van der Waals surface area contributed by atoms with Crippen LogP contribution in [-0.4, -0.2) is 40.7 Å². The second-order valence-electron chi connectivity index (χ2n) is 9.33. The summed E-state index contributed by atoms with van der Waals surface area (Å²) in [7, 11) is 0. The second kappa shape index (κ2) is 8.56. The van der Waals surface area contributed by atoms with Crippen LogP contribution < -0.4 is 5.32 Å². The monoisotopic (exact) mass is 417 g/mol. The van der Waals surface area contributed by atoms with Crippen LogP contribution in [-0.2, 0) is 29.2 Å². The molecule has 0 aliphatic carbocycles. The fourth-order valence-electron chi connectivity index (χ4n) is 5.61. The summed E-state index contributed by atoms with van der Waals surface area (Å²) in [6, 6.07) is 15.2. The van der Waals surface area contributed by atoms with Gasteiger partial charge in [-0.25, -0.2) is 0 Å². The third kappa shape index (κ3) is 4.17. The molecule has 5 nitrogen and oxygen atoms in total. The molecule has 2 saturated heterocycles. The van der Waals surface area contributed by atoms with Gasteiger partial charge in [-0.3, -0.25) is 24.7 Å². The van der Waals surface area contributed by atoms with Crippen molar-refractivity contribution in [3.8, 4) is 0 Å². The van der Waals surface area contributed by atoms with Crippen molar-refractivity contribution in [2.75, 3.05) is 13.1 Å². The standard InChI is InChI=1S/C26H31N3O2/c1-18-22(20-11-13-28(14-12-20)15-19-5-3-2-4-6-19)8-7-21-16-29(17-23(18)21)24-9-10-25(30)27-26(24)31/h2-8,20,24H,9-17H2,1H3,(H,27,30,31). The fourth-order valence-corrected chi connectivity index (χ4v) is 5.61. The summed E-state index contributed by atoms with van der Waals surface area (Å²) < 4.78 is 0. The van der Waals surface area contributed by atoms with Crippen molar-refractivity contribution in [3.05, 3.63) is 70.3 Å². The molecular formula is C26H31N3O2. The van der Waals surface area contributed by atoms with Gasteiger partial charge in [0, 0.05) is 26.1 Å². The van der Waals surface area contributed by atoms with Crippen LogP contribution in [0.25, 0.3) is 0 Å². The van der Waals surface area contributed by atoms with Crippen molar-refractivity contribution in [2.24, 2.45) is 0 Å². The molecule has 0 saturated carbocycles. The molecule has 1 unspecified atom stereocenters. The summed E-state index contributed by atoms with van der Waals surface area (Å²) in [5.74, 6) is 0.338. The van der Waals surface area contributed by atoms with Gasteiger partial charge >= 0.3 is 0 Å². The van der Waals surface area contributed by atoms with Gasteiger partial charge in [0.15, 0.2) is 0 Å². The lowest BCUT2D eigenvalue weighted by atomic mass is 9.84. The lowest BCUT2D eigenvalue weighted by Crippen LogP contribution is -2.50. The van der Waals surface area contributed by atoms with Gasteiger partial charge in [-0.1, -0.05) is 42.5 Å². The van der Waals surface area contributed by atoms with E-state index in [4.69, 9.17) is 0 Å². The van der Waals surface area contributed by atoms with Crippen LogP contribution in [0, 0.1) is 6.92 Å². The second-order valence-corrected chi connectivity index (χ2v) is 9.33. The Kier molecular flexibility index (Phi) is 5.63. The number of fused-ring (bicyclic) bond motifs is 1. The number of nitrogens with one attached hydrogen (secondary N) is 1. The highest BCUT2D eigenvalue weighted by Gasteiger charge is 2.35. The van der Waals surface area contributed by atoms with E-state index in [1.807, 2.05) is 0 Å². The largest absolute Gasteiger partial charge is 0.299 e. The SMILES string of the molecule is Cc1c(C2CCN(Cc3ccccc3)CC2)ccc2c1CN(C1CCC(=O)NC1=O)C2. The molecule has 3 aliphatic rings.